The highest BCUT2D eigenvalue weighted by molar-refractivity contribution is 5.59. The van der Waals surface area contributed by atoms with Crippen molar-refractivity contribution in [3.8, 4) is 5.75 Å². The van der Waals surface area contributed by atoms with Crippen LogP contribution in [-0.2, 0) is 23.7 Å². The van der Waals surface area contributed by atoms with Crippen molar-refractivity contribution in [1.82, 2.24) is 0 Å². The van der Waals surface area contributed by atoms with Gasteiger partial charge >= 0.3 is 6.16 Å². The maximum atomic E-state index is 11.3. The Morgan fingerprint density at radius 1 is 0.783 bits per heavy atom. The fourth-order valence-electron chi connectivity index (χ4n) is 1.49. The molecule has 1 rings (SSSR count). The van der Waals surface area contributed by atoms with E-state index in [1.165, 1.54) is 0 Å². The zero-order valence-corrected chi connectivity index (χ0v) is 13.4. The number of carbonyl (C=O) groups excluding carboxylic acids is 1. The molecule has 0 N–H and O–H groups in total. The third kappa shape index (κ3) is 11.4. The molecule has 0 atom stereocenters. The molecule has 0 spiro atoms. The molecule has 0 fully saturated rings. The van der Waals surface area contributed by atoms with E-state index in [9.17, 15) is 4.79 Å². The Bertz CT molecular complexity index is 397. The van der Waals surface area contributed by atoms with Gasteiger partial charge in [0.25, 0.3) is 0 Å². The van der Waals surface area contributed by atoms with Crippen LogP contribution in [0.4, 0.5) is 4.79 Å². The van der Waals surface area contributed by atoms with Crippen LogP contribution in [0.25, 0.3) is 0 Å². The molecule has 0 aromatic heterocycles. The van der Waals surface area contributed by atoms with E-state index in [1.807, 2.05) is 30.3 Å². The van der Waals surface area contributed by atoms with E-state index < -0.39 is 6.16 Å². The van der Waals surface area contributed by atoms with Gasteiger partial charge in [0.15, 0.2) is 0 Å². The lowest BCUT2D eigenvalue weighted by atomic mass is 10.3. The van der Waals surface area contributed by atoms with E-state index in [4.69, 9.17) is 28.4 Å². The van der Waals surface area contributed by atoms with Crippen LogP contribution in [0.1, 0.15) is 0 Å². The van der Waals surface area contributed by atoms with Crippen molar-refractivity contribution in [1.29, 1.82) is 0 Å². The number of para-hydroxylation sites is 1. The summed E-state index contributed by atoms with van der Waals surface area (Å²) in [6, 6.07) is 9.29. The molecule has 0 saturated heterocycles. The van der Waals surface area contributed by atoms with Gasteiger partial charge in [0.2, 0.25) is 0 Å². The molecule has 130 valence electrons. The second-order valence-electron chi connectivity index (χ2n) is 4.33. The van der Waals surface area contributed by atoms with Crippen molar-refractivity contribution >= 4 is 6.16 Å². The lowest BCUT2D eigenvalue weighted by Gasteiger charge is -2.08. The Balaban J connectivity index is 1.85. The van der Waals surface area contributed by atoms with Gasteiger partial charge in [-0.2, -0.15) is 0 Å². The zero-order chi connectivity index (χ0) is 16.6. The molecule has 0 bridgehead atoms. The van der Waals surface area contributed by atoms with Crippen LogP contribution < -0.4 is 4.74 Å². The fourth-order valence-corrected chi connectivity index (χ4v) is 1.49. The first-order chi connectivity index (χ1) is 11.3. The summed E-state index contributed by atoms with van der Waals surface area (Å²) in [7, 11) is 1.62. The Morgan fingerprint density at radius 2 is 1.35 bits per heavy atom. The van der Waals surface area contributed by atoms with E-state index in [2.05, 4.69) is 0 Å². The molecule has 23 heavy (non-hydrogen) atoms. The molecular weight excluding hydrogens is 304 g/mol. The molecule has 0 aliphatic carbocycles. The van der Waals surface area contributed by atoms with Crippen LogP contribution in [0.15, 0.2) is 30.3 Å². The summed E-state index contributed by atoms with van der Waals surface area (Å²) in [4.78, 5) is 11.3. The van der Waals surface area contributed by atoms with Gasteiger partial charge in [0.05, 0.1) is 33.0 Å². The first-order valence-electron chi connectivity index (χ1n) is 7.44. The van der Waals surface area contributed by atoms with E-state index >= 15 is 0 Å². The molecule has 0 heterocycles. The largest absolute Gasteiger partial charge is 0.508 e. The second kappa shape index (κ2) is 13.8. The lowest BCUT2D eigenvalue weighted by molar-refractivity contribution is -0.000586. The van der Waals surface area contributed by atoms with Crippen LogP contribution in [0.5, 0.6) is 5.75 Å². The van der Waals surface area contributed by atoms with Gasteiger partial charge in [-0.05, 0) is 12.1 Å². The van der Waals surface area contributed by atoms with E-state index in [0.29, 0.717) is 33.0 Å². The highest BCUT2D eigenvalue weighted by Gasteiger charge is 2.03. The van der Waals surface area contributed by atoms with Crippen LogP contribution in [0, 0.1) is 0 Å². The number of benzene rings is 1. The molecule has 1 aromatic rings. The Morgan fingerprint density at radius 3 is 2.00 bits per heavy atom. The normalized spacial score (nSPS) is 10.3. The van der Waals surface area contributed by atoms with Crippen molar-refractivity contribution in [3.63, 3.8) is 0 Å². The molecule has 0 amide bonds. The fraction of sp³-hybridized carbons (Fsp3) is 0.562. The van der Waals surface area contributed by atoms with Crippen molar-refractivity contribution in [3.05, 3.63) is 30.3 Å². The number of methoxy groups -OCH3 is 1. The zero-order valence-electron chi connectivity index (χ0n) is 13.4. The smallest absolute Gasteiger partial charge is 0.490 e. The number of hydrogen-bond donors (Lipinski definition) is 0. The molecule has 0 unspecified atom stereocenters. The van der Waals surface area contributed by atoms with Crippen molar-refractivity contribution in [2.45, 2.75) is 0 Å². The summed E-state index contributed by atoms with van der Waals surface area (Å²) >= 11 is 0. The Labute approximate surface area is 136 Å². The molecule has 0 saturated carbocycles. The van der Waals surface area contributed by atoms with Gasteiger partial charge in [-0.3, -0.25) is 0 Å². The SMILES string of the molecule is COCCOCCOCCOC(=O)OCCOc1ccccc1. The van der Waals surface area contributed by atoms with Crippen molar-refractivity contribution in [2.75, 3.05) is 60.0 Å². The molecule has 0 radical (unpaired) electrons. The minimum atomic E-state index is -0.735. The molecule has 0 aliphatic heterocycles. The predicted molar refractivity (Wildman–Crippen MR) is 82.8 cm³/mol. The van der Waals surface area contributed by atoms with Crippen LogP contribution in [-0.4, -0.2) is 66.1 Å². The highest BCUT2D eigenvalue weighted by Crippen LogP contribution is 2.07. The highest BCUT2D eigenvalue weighted by atomic mass is 16.7. The molecule has 7 heteroatoms. The average molecular weight is 328 g/mol. The van der Waals surface area contributed by atoms with Gasteiger partial charge in [-0.25, -0.2) is 4.79 Å². The monoisotopic (exact) mass is 328 g/mol. The molecule has 1 aromatic carbocycles. The first kappa shape index (κ1) is 19.2. The number of ether oxygens (including phenoxy) is 6. The van der Waals surface area contributed by atoms with E-state index in [1.54, 1.807) is 7.11 Å². The molecule has 0 aliphatic rings. The second-order valence-corrected chi connectivity index (χ2v) is 4.33. The van der Waals surface area contributed by atoms with Crippen molar-refractivity contribution in [2.24, 2.45) is 0 Å². The van der Waals surface area contributed by atoms with Gasteiger partial charge in [0, 0.05) is 7.11 Å². The summed E-state index contributed by atoms with van der Waals surface area (Å²) in [6.45, 7) is 2.84. The summed E-state index contributed by atoms with van der Waals surface area (Å²) in [5.41, 5.74) is 0. The van der Waals surface area contributed by atoms with E-state index in [-0.39, 0.29) is 19.8 Å². The van der Waals surface area contributed by atoms with Gasteiger partial charge < -0.3 is 28.4 Å². The van der Waals surface area contributed by atoms with Gasteiger partial charge in [-0.1, -0.05) is 18.2 Å². The topological polar surface area (TPSA) is 72.5 Å². The quantitative estimate of drug-likeness (QED) is 0.404. The summed E-state index contributed by atoms with van der Waals surface area (Å²) in [5.74, 6) is 0.727. The number of hydrogen-bond acceptors (Lipinski definition) is 7. The van der Waals surface area contributed by atoms with Gasteiger partial charge in [0.1, 0.15) is 25.6 Å². The van der Waals surface area contributed by atoms with Crippen LogP contribution in [0.3, 0.4) is 0 Å². The maximum Gasteiger partial charge on any atom is 0.508 e. The number of carbonyl (C=O) groups is 1. The Hall–Kier alpha value is -1.83. The van der Waals surface area contributed by atoms with Crippen LogP contribution >= 0.6 is 0 Å². The van der Waals surface area contributed by atoms with Crippen molar-refractivity contribution < 1.29 is 33.2 Å². The third-order valence-electron chi connectivity index (χ3n) is 2.57. The lowest BCUT2D eigenvalue weighted by Crippen LogP contribution is -2.16. The first-order valence-corrected chi connectivity index (χ1v) is 7.44. The summed E-state index contributed by atoms with van der Waals surface area (Å²) in [6.07, 6.45) is -0.735. The minimum Gasteiger partial charge on any atom is -0.490 e. The predicted octanol–water partition coefficient (Wildman–Crippen LogP) is 1.90. The van der Waals surface area contributed by atoms with Gasteiger partial charge in [-0.15, -0.1) is 0 Å². The van der Waals surface area contributed by atoms with E-state index in [0.717, 1.165) is 5.75 Å². The summed E-state index contributed by atoms with van der Waals surface area (Å²) < 4.78 is 30.3. The molecular formula is C16H24O7. The number of rotatable bonds is 13. The third-order valence-corrected chi connectivity index (χ3v) is 2.57. The van der Waals surface area contributed by atoms with Crippen LogP contribution in [0.2, 0.25) is 0 Å². The maximum absolute atomic E-state index is 11.3. The standard InChI is InChI=1S/C16H24O7/c1-18-7-8-19-9-10-20-11-12-22-16(17)23-14-13-21-15-5-3-2-4-6-15/h2-6H,7-14H2,1H3. The minimum absolute atomic E-state index is 0.127. The Kier molecular flexibility index (Phi) is 11.5. The average Bonchev–Trinajstić information content (AvgIpc) is 2.58. The summed E-state index contributed by atoms with van der Waals surface area (Å²) in [5, 5.41) is 0. The molecule has 7 nitrogen and oxygen atoms in total.